The van der Waals surface area contributed by atoms with Crippen molar-refractivity contribution in [2.24, 2.45) is 0 Å². The van der Waals surface area contributed by atoms with Crippen molar-refractivity contribution in [3.8, 4) is 0 Å². The van der Waals surface area contributed by atoms with Gasteiger partial charge in [0.25, 0.3) is 0 Å². The van der Waals surface area contributed by atoms with E-state index in [4.69, 9.17) is 9.90 Å². The lowest BCUT2D eigenvalue weighted by molar-refractivity contribution is -0.192. The second-order valence-corrected chi connectivity index (χ2v) is 3.70. The Bertz CT molecular complexity index is 222. The van der Waals surface area contributed by atoms with E-state index in [9.17, 15) is 13.2 Å². The quantitative estimate of drug-likeness (QED) is 0.782. The van der Waals surface area contributed by atoms with Crippen LogP contribution in [0.25, 0.3) is 0 Å². The van der Waals surface area contributed by atoms with Crippen molar-refractivity contribution in [1.29, 1.82) is 0 Å². The molecule has 0 aromatic heterocycles. The molecule has 1 fully saturated rings. The zero-order chi connectivity index (χ0) is 13.5. The smallest absolute Gasteiger partial charge is 0.475 e. The summed E-state index contributed by atoms with van der Waals surface area (Å²) in [5, 5.41) is 10.5. The van der Waals surface area contributed by atoms with E-state index in [1.165, 1.54) is 32.6 Å². The average molecular weight is 256 g/mol. The van der Waals surface area contributed by atoms with Crippen LogP contribution in [0.5, 0.6) is 0 Å². The Kier molecular flexibility index (Phi) is 7.13. The van der Waals surface area contributed by atoms with Crippen LogP contribution in [-0.2, 0) is 4.79 Å². The Labute approximate surface area is 98.8 Å². The van der Waals surface area contributed by atoms with E-state index in [0.717, 1.165) is 6.04 Å². The lowest BCUT2D eigenvalue weighted by atomic mass is 10.1. The van der Waals surface area contributed by atoms with Gasteiger partial charge in [0.2, 0.25) is 0 Å². The highest BCUT2D eigenvalue weighted by molar-refractivity contribution is 5.73. The summed E-state index contributed by atoms with van der Waals surface area (Å²) in [5.41, 5.74) is 0. The number of likely N-dealkylation sites (N-methyl/N-ethyl adjacent to an activating group) is 1. The molecule has 0 radical (unpaired) electrons. The summed E-state index contributed by atoms with van der Waals surface area (Å²) in [5.74, 6) is -2.76. The van der Waals surface area contributed by atoms with Crippen LogP contribution in [0.2, 0.25) is 0 Å². The fourth-order valence-corrected chi connectivity index (χ4v) is 1.62. The zero-order valence-corrected chi connectivity index (χ0v) is 10.0. The van der Waals surface area contributed by atoms with Crippen LogP contribution >= 0.6 is 0 Å². The number of rotatable bonds is 2. The van der Waals surface area contributed by atoms with Gasteiger partial charge in [-0.2, -0.15) is 13.2 Å². The highest BCUT2D eigenvalue weighted by Crippen LogP contribution is 2.13. The first kappa shape index (κ1) is 16.2. The van der Waals surface area contributed by atoms with Gasteiger partial charge < -0.3 is 10.4 Å². The molecule has 1 rings (SSSR count). The summed E-state index contributed by atoms with van der Waals surface area (Å²) in [6.07, 6.45) is -3.80. The van der Waals surface area contributed by atoms with Crippen molar-refractivity contribution in [3.05, 3.63) is 0 Å². The van der Waals surface area contributed by atoms with Gasteiger partial charge in [-0.05, 0) is 13.0 Å². The lowest BCUT2D eigenvalue weighted by Gasteiger charge is -2.34. The van der Waals surface area contributed by atoms with Gasteiger partial charge in [-0.15, -0.1) is 0 Å². The number of aliphatic carboxylic acids is 1. The van der Waals surface area contributed by atoms with E-state index in [0.29, 0.717) is 0 Å². The molecular formula is C10H19F3N2O2. The number of halogens is 3. The number of hydrogen-bond acceptors (Lipinski definition) is 3. The maximum atomic E-state index is 10.6. The topological polar surface area (TPSA) is 52.6 Å². The molecule has 17 heavy (non-hydrogen) atoms. The predicted octanol–water partition coefficient (Wildman–Crippen LogP) is 1.32. The highest BCUT2D eigenvalue weighted by Gasteiger charge is 2.38. The van der Waals surface area contributed by atoms with Crippen LogP contribution < -0.4 is 5.32 Å². The summed E-state index contributed by atoms with van der Waals surface area (Å²) in [7, 11) is 0. The number of piperazine rings is 1. The van der Waals surface area contributed by atoms with Crippen LogP contribution in [0.15, 0.2) is 0 Å². The molecule has 1 aliphatic rings. The van der Waals surface area contributed by atoms with Gasteiger partial charge in [0.15, 0.2) is 0 Å². The van der Waals surface area contributed by atoms with Crippen LogP contribution in [0.4, 0.5) is 13.2 Å². The van der Waals surface area contributed by atoms with Crippen molar-refractivity contribution in [2.75, 3.05) is 26.2 Å². The molecule has 0 aromatic carbocycles. The Morgan fingerprint density at radius 1 is 1.47 bits per heavy atom. The molecule has 4 nitrogen and oxygen atoms in total. The Balaban J connectivity index is 0.000000325. The Morgan fingerprint density at radius 3 is 2.29 bits per heavy atom. The average Bonchev–Trinajstić information content (AvgIpc) is 2.28. The van der Waals surface area contributed by atoms with Gasteiger partial charge >= 0.3 is 12.1 Å². The summed E-state index contributed by atoms with van der Waals surface area (Å²) in [6.45, 7) is 9.30. The van der Waals surface area contributed by atoms with E-state index in [-0.39, 0.29) is 0 Å². The molecule has 1 heterocycles. The largest absolute Gasteiger partial charge is 0.490 e. The molecule has 2 N–H and O–H groups in total. The minimum atomic E-state index is -5.08. The second-order valence-electron chi connectivity index (χ2n) is 3.70. The van der Waals surface area contributed by atoms with E-state index < -0.39 is 12.1 Å². The number of carbonyl (C=O) groups is 1. The first-order chi connectivity index (χ1) is 7.82. The SMILES string of the molecule is CC[C@@H]1CNCCN1CC.O=C(O)C(F)(F)F. The van der Waals surface area contributed by atoms with Crippen molar-refractivity contribution < 1.29 is 23.1 Å². The van der Waals surface area contributed by atoms with E-state index in [2.05, 4.69) is 24.1 Å². The summed E-state index contributed by atoms with van der Waals surface area (Å²) < 4.78 is 31.7. The normalized spacial score (nSPS) is 21.6. The van der Waals surface area contributed by atoms with Crippen LogP contribution in [0.1, 0.15) is 20.3 Å². The molecule has 0 saturated carbocycles. The first-order valence-corrected chi connectivity index (χ1v) is 5.57. The van der Waals surface area contributed by atoms with E-state index in [1.54, 1.807) is 0 Å². The van der Waals surface area contributed by atoms with Gasteiger partial charge in [0.05, 0.1) is 0 Å². The van der Waals surface area contributed by atoms with Gasteiger partial charge in [0.1, 0.15) is 0 Å². The number of nitrogens with one attached hydrogen (secondary N) is 1. The van der Waals surface area contributed by atoms with Crippen molar-refractivity contribution in [1.82, 2.24) is 10.2 Å². The predicted molar refractivity (Wildman–Crippen MR) is 57.9 cm³/mol. The molecule has 1 saturated heterocycles. The molecule has 0 bridgehead atoms. The number of nitrogens with zero attached hydrogens (tertiary/aromatic N) is 1. The molecule has 102 valence electrons. The Hall–Kier alpha value is -0.820. The monoisotopic (exact) mass is 256 g/mol. The number of carboxylic acids is 1. The van der Waals surface area contributed by atoms with Gasteiger partial charge in [-0.1, -0.05) is 13.8 Å². The van der Waals surface area contributed by atoms with Gasteiger partial charge in [0, 0.05) is 25.7 Å². The lowest BCUT2D eigenvalue weighted by Crippen LogP contribution is -2.50. The number of hydrogen-bond donors (Lipinski definition) is 2. The molecule has 0 aromatic rings. The third-order valence-electron chi connectivity index (χ3n) is 2.59. The minimum Gasteiger partial charge on any atom is -0.475 e. The molecule has 1 atom stereocenters. The molecule has 0 spiro atoms. The molecule has 0 unspecified atom stereocenters. The molecule has 0 aliphatic carbocycles. The summed E-state index contributed by atoms with van der Waals surface area (Å²) in [4.78, 5) is 11.4. The molecule has 1 aliphatic heterocycles. The van der Waals surface area contributed by atoms with Crippen molar-refractivity contribution in [2.45, 2.75) is 32.5 Å². The van der Waals surface area contributed by atoms with Crippen molar-refractivity contribution in [3.63, 3.8) is 0 Å². The number of alkyl halides is 3. The maximum absolute atomic E-state index is 10.6. The summed E-state index contributed by atoms with van der Waals surface area (Å²) in [6, 6.07) is 0.791. The van der Waals surface area contributed by atoms with Crippen LogP contribution in [-0.4, -0.2) is 54.4 Å². The second kappa shape index (κ2) is 7.50. The standard InChI is InChI=1S/C8H18N2.C2HF3O2/c1-3-8-7-9-5-6-10(8)4-2;3-2(4,5)1(6)7/h8-9H,3-7H2,1-2H3;(H,6,7)/t8-;/m1./s1. The molecule has 7 heteroatoms. The van der Waals surface area contributed by atoms with E-state index in [1.807, 2.05) is 0 Å². The molecular weight excluding hydrogens is 237 g/mol. The van der Waals surface area contributed by atoms with Crippen molar-refractivity contribution >= 4 is 5.97 Å². The first-order valence-electron chi connectivity index (χ1n) is 5.57. The summed E-state index contributed by atoms with van der Waals surface area (Å²) >= 11 is 0. The maximum Gasteiger partial charge on any atom is 0.490 e. The minimum absolute atomic E-state index is 0.791. The highest BCUT2D eigenvalue weighted by atomic mass is 19.4. The van der Waals surface area contributed by atoms with Crippen LogP contribution in [0, 0.1) is 0 Å². The third-order valence-corrected chi connectivity index (χ3v) is 2.59. The van der Waals surface area contributed by atoms with Gasteiger partial charge in [-0.25, -0.2) is 4.79 Å². The third kappa shape index (κ3) is 6.48. The molecule has 0 amide bonds. The van der Waals surface area contributed by atoms with Gasteiger partial charge in [-0.3, -0.25) is 4.90 Å². The number of carboxylic acid groups (broad SMARTS) is 1. The fraction of sp³-hybridized carbons (Fsp3) is 0.900. The zero-order valence-electron chi connectivity index (χ0n) is 10.0. The van der Waals surface area contributed by atoms with E-state index >= 15 is 0 Å². The Morgan fingerprint density at radius 2 is 2.00 bits per heavy atom. The van der Waals surface area contributed by atoms with Crippen LogP contribution in [0.3, 0.4) is 0 Å². The fourth-order valence-electron chi connectivity index (χ4n) is 1.62.